The molecule has 1 aromatic carbocycles. The van der Waals surface area contributed by atoms with Crippen LogP contribution in [0.2, 0.25) is 0 Å². The van der Waals surface area contributed by atoms with Gasteiger partial charge in [0.05, 0.1) is 18.2 Å². The molecule has 0 heterocycles. The zero-order valence-electron chi connectivity index (χ0n) is 14.3. The smallest absolute Gasteiger partial charge is 0.417 e. The van der Waals surface area contributed by atoms with Gasteiger partial charge < -0.3 is 20.3 Å². The van der Waals surface area contributed by atoms with Gasteiger partial charge in [0.1, 0.15) is 0 Å². The molecule has 0 unspecified atom stereocenters. The third-order valence-electron chi connectivity index (χ3n) is 3.45. The Kier molecular flexibility index (Phi) is 7.69. The number of urea groups is 1. The normalized spacial score (nSPS) is 11.2. The fourth-order valence-corrected chi connectivity index (χ4v) is 2.28. The minimum atomic E-state index is -4.94. The van der Waals surface area contributed by atoms with E-state index in [1.165, 1.54) is 0 Å². The highest BCUT2D eigenvalue weighted by Gasteiger charge is 2.39. The number of benzene rings is 1. The van der Waals surface area contributed by atoms with Crippen LogP contribution < -0.4 is 20.5 Å². The molecule has 0 fully saturated rings. The molecule has 3 N–H and O–H groups in total. The van der Waals surface area contributed by atoms with Crippen molar-refractivity contribution in [2.75, 3.05) is 20.3 Å². The lowest BCUT2D eigenvalue weighted by Crippen LogP contribution is -2.40. The van der Waals surface area contributed by atoms with E-state index in [9.17, 15) is 33.0 Å². The Balaban J connectivity index is 3.46. The van der Waals surface area contributed by atoms with Crippen molar-refractivity contribution in [3.8, 4) is 11.5 Å². The average molecular weight is 377 g/mol. The minimum absolute atomic E-state index is 0.111. The molecular formula is C16H20F3N2O5-. The SMILES string of the molecule is CCCNC(=O)NC(=O)c1c(C(F)(F)F)cc(OC)c(O)c1CCC[O-]. The number of methoxy groups -OCH3 is 1. The highest BCUT2D eigenvalue weighted by Crippen LogP contribution is 2.42. The van der Waals surface area contributed by atoms with E-state index in [4.69, 9.17) is 4.74 Å². The van der Waals surface area contributed by atoms with Gasteiger partial charge in [-0.25, -0.2) is 4.79 Å². The second-order valence-corrected chi connectivity index (χ2v) is 5.34. The van der Waals surface area contributed by atoms with Crippen molar-refractivity contribution in [2.45, 2.75) is 32.4 Å². The predicted octanol–water partition coefficient (Wildman–Crippen LogP) is 1.56. The Morgan fingerprint density at radius 3 is 2.50 bits per heavy atom. The molecule has 0 aliphatic carbocycles. The molecule has 0 aromatic heterocycles. The second kappa shape index (κ2) is 9.27. The number of carbonyl (C=O) groups is 2. The molecule has 0 saturated heterocycles. The van der Waals surface area contributed by atoms with Gasteiger partial charge in [-0.05, 0) is 18.9 Å². The Labute approximate surface area is 148 Å². The van der Waals surface area contributed by atoms with Crippen molar-refractivity contribution in [2.24, 2.45) is 0 Å². The zero-order chi connectivity index (χ0) is 19.9. The van der Waals surface area contributed by atoms with Crippen LogP contribution in [0.1, 0.15) is 41.3 Å². The van der Waals surface area contributed by atoms with Crippen LogP contribution >= 0.6 is 0 Å². The van der Waals surface area contributed by atoms with Crippen molar-refractivity contribution < 1.29 is 37.7 Å². The third-order valence-corrected chi connectivity index (χ3v) is 3.45. The number of amides is 3. The van der Waals surface area contributed by atoms with Gasteiger partial charge in [0.15, 0.2) is 11.5 Å². The molecule has 0 saturated carbocycles. The summed E-state index contributed by atoms with van der Waals surface area (Å²) in [6, 6.07) is -0.482. The van der Waals surface area contributed by atoms with E-state index in [2.05, 4.69) is 5.32 Å². The molecule has 0 bridgehead atoms. The van der Waals surface area contributed by atoms with E-state index in [1.807, 2.05) is 0 Å². The molecule has 0 atom stereocenters. The first-order chi connectivity index (χ1) is 12.2. The first kappa shape index (κ1) is 21.6. The van der Waals surface area contributed by atoms with E-state index in [1.54, 1.807) is 12.2 Å². The molecule has 0 aliphatic rings. The number of ether oxygens (including phenoxy) is 1. The summed E-state index contributed by atoms with van der Waals surface area (Å²) in [4.78, 5) is 23.9. The molecule has 1 aromatic rings. The topological polar surface area (TPSA) is 111 Å². The molecule has 0 radical (unpaired) electrons. The maximum absolute atomic E-state index is 13.4. The van der Waals surface area contributed by atoms with Crippen LogP contribution in [0, 0.1) is 0 Å². The van der Waals surface area contributed by atoms with Gasteiger partial charge >= 0.3 is 12.2 Å². The van der Waals surface area contributed by atoms with Crippen LogP contribution in [-0.4, -0.2) is 37.3 Å². The summed E-state index contributed by atoms with van der Waals surface area (Å²) < 4.78 is 45.0. The lowest BCUT2D eigenvalue weighted by molar-refractivity contribution is -0.368. The number of aromatic hydroxyl groups is 1. The summed E-state index contributed by atoms with van der Waals surface area (Å²) in [5, 5.41) is 25.0. The number of hydrogen-bond donors (Lipinski definition) is 3. The average Bonchev–Trinajstić information content (AvgIpc) is 2.57. The van der Waals surface area contributed by atoms with Crippen LogP contribution in [0.15, 0.2) is 6.07 Å². The number of phenolic OH excluding ortho intramolecular Hbond substituents is 1. The Hall–Kier alpha value is -2.49. The van der Waals surface area contributed by atoms with E-state index >= 15 is 0 Å². The van der Waals surface area contributed by atoms with E-state index in [0.29, 0.717) is 12.5 Å². The van der Waals surface area contributed by atoms with Crippen LogP contribution in [0.5, 0.6) is 11.5 Å². The Bertz CT molecular complexity index is 662. The van der Waals surface area contributed by atoms with Gasteiger partial charge in [-0.2, -0.15) is 13.2 Å². The summed E-state index contributed by atoms with van der Waals surface area (Å²) in [5.74, 6) is -2.48. The van der Waals surface area contributed by atoms with Gasteiger partial charge in [0, 0.05) is 12.1 Å². The van der Waals surface area contributed by atoms with Crippen LogP contribution in [0.3, 0.4) is 0 Å². The number of nitrogens with one attached hydrogen (secondary N) is 2. The second-order valence-electron chi connectivity index (χ2n) is 5.34. The molecule has 26 heavy (non-hydrogen) atoms. The van der Waals surface area contributed by atoms with Gasteiger partial charge in [0.25, 0.3) is 5.91 Å². The maximum Gasteiger partial charge on any atom is 0.417 e. The van der Waals surface area contributed by atoms with Crippen molar-refractivity contribution in [1.29, 1.82) is 0 Å². The number of phenols is 1. The standard InChI is InChI=1S/C16H20F3N2O5/c1-3-6-20-15(25)21-14(24)12-9(5-4-7-22)13(23)11(26-2)8-10(12)16(17,18)19/h8,23H,3-7H2,1-2H3,(H2,20,21,24,25)/q-1. The quantitative estimate of drug-likeness (QED) is 0.668. The van der Waals surface area contributed by atoms with Crippen molar-refractivity contribution in [1.82, 2.24) is 10.6 Å². The summed E-state index contributed by atoms with van der Waals surface area (Å²) >= 11 is 0. The number of halogens is 3. The van der Waals surface area contributed by atoms with Crippen LogP contribution in [-0.2, 0) is 12.6 Å². The van der Waals surface area contributed by atoms with Crippen molar-refractivity contribution >= 4 is 11.9 Å². The fraction of sp³-hybridized carbons (Fsp3) is 0.500. The van der Waals surface area contributed by atoms with Crippen molar-refractivity contribution in [3.05, 3.63) is 22.8 Å². The van der Waals surface area contributed by atoms with Crippen LogP contribution in [0.4, 0.5) is 18.0 Å². The number of alkyl halides is 3. The van der Waals surface area contributed by atoms with Gasteiger partial charge in [-0.3, -0.25) is 10.1 Å². The molecule has 0 spiro atoms. The maximum atomic E-state index is 13.4. The number of carbonyl (C=O) groups excluding carboxylic acids is 2. The minimum Gasteiger partial charge on any atom is -0.854 e. The van der Waals surface area contributed by atoms with E-state index < -0.39 is 52.9 Å². The van der Waals surface area contributed by atoms with Gasteiger partial charge in [0.2, 0.25) is 0 Å². The molecule has 3 amide bonds. The molecular weight excluding hydrogens is 357 g/mol. The third kappa shape index (κ3) is 5.25. The first-order valence-corrected chi connectivity index (χ1v) is 7.84. The molecule has 0 aliphatic heterocycles. The molecule has 10 heteroatoms. The van der Waals surface area contributed by atoms with Crippen molar-refractivity contribution in [3.63, 3.8) is 0 Å². The Morgan fingerprint density at radius 2 is 2.00 bits per heavy atom. The largest absolute Gasteiger partial charge is 0.854 e. The molecule has 1 rings (SSSR count). The fourth-order valence-electron chi connectivity index (χ4n) is 2.28. The molecule has 7 nitrogen and oxygen atoms in total. The number of rotatable bonds is 7. The zero-order valence-corrected chi connectivity index (χ0v) is 14.3. The number of hydrogen-bond acceptors (Lipinski definition) is 5. The first-order valence-electron chi connectivity index (χ1n) is 7.84. The lowest BCUT2D eigenvalue weighted by atomic mass is 9.94. The van der Waals surface area contributed by atoms with Gasteiger partial charge in [-0.1, -0.05) is 13.3 Å². The van der Waals surface area contributed by atoms with E-state index in [-0.39, 0.29) is 19.4 Å². The summed E-state index contributed by atoms with van der Waals surface area (Å²) in [7, 11) is 1.06. The Morgan fingerprint density at radius 1 is 1.35 bits per heavy atom. The van der Waals surface area contributed by atoms with E-state index in [0.717, 1.165) is 7.11 Å². The summed E-state index contributed by atoms with van der Waals surface area (Å²) in [6.45, 7) is 1.37. The summed E-state index contributed by atoms with van der Waals surface area (Å²) in [5.41, 5.74) is -2.67. The monoisotopic (exact) mass is 377 g/mol. The lowest BCUT2D eigenvalue weighted by Gasteiger charge is -2.20. The number of imide groups is 1. The highest BCUT2D eigenvalue weighted by molar-refractivity contribution is 6.06. The summed E-state index contributed by atoms with van der Waals surface area (Å²) in [6.07, 6.45) is -4.78. The predicted molar refractivity (Wildman–Crippen MR) is 84.0 cm³/mol. The van der Waals surface area contributed by atoms with Crippen LogP contribution in [0.25, 0.3) is 0 Å². The van der Waals surface area contributed by atoms with Gasteiger partial charge in [-0.15, -0.1) is 6.61 Å². The highest BCUT2D eigenvalue weighted by atomic mass is 19.4. The molecule has 146 valence electrons.